The normalized spacial score (nSPS) is 17.0. The fourth-order valence-corrected chi connectivity index (χ4v) is 2.68. The van der Waals surface area contributed by atoms with Crippen LogP contribution in [0.2, 0.25) is 0 Å². The number of rotatable bonds is 3. The summed E-state index contributed by atoms with van der Waals surface area (Å²) in [6, 6.07) is 11.0. The number of nitrogens with one attached hydrogen (secondary N) is 1. The Balaban J connectivity index is 1.94. The van der Waals surface area contributed by atoms with Crippen LogP contribution in [0.5, 0.6) is 0 Å². The van der Waals surface area contributed by atoms with Crippen LogP contribution in [-0.2, 0) is 4.79 Å². The summed E-state index contributed by atoms with van der Waals surface area (Å²) in [5, 5.41) is 9.00. The minimum Gasteiger partial charge on any atom is -0.481 e. The molecule has 2 aromatic rings. The first-order chi connectivity index (χ1) is 9.66. The highest BCUT2D eigenvalue weighted by molar-refractivity contribution is 6.06. The molecule has 1 aliphatic rings. The number of H-pyrrole nitrogens is 1. The summed E-state index contributed by atoms with van der Waals surface area (Å²) in [6.07, 6.45) is 1.73. The van der Waals surface area contributed by atoms with E-state index in [0.29, 0.717) is 12.2 Å². The van der Waals surface area contributed by atoms with Crippen molar-refractivity contribution in [1.29, 1.82) is 0 Å². The van der Waals surface area contributed by atoms with E-state index in [1.807, 2.05) is 24.3 Å². The van der Waals surface area contributed by atoms with Gasteiger partial charge in [-0.3, -0.25) is 9.59 Å². The minimum atomic E-state index is -0.848. The van der Waals surface area contributed by atoms with Gasteiger partial charge < -0.3 is 15.0 Å². The van der Waals surface area contributed by atoms with Crippen molar-refractivity contribution in [2.45, 2.75) is 12.3 Å². The number of benzene rings is 1. The summed E-state index contributed by atoms with van der Waals surface area (Å²) < 4.78 is 0. The van der Waals surface area contributed by atoms with Gasteiger partial charge in [-0.15, -0.1) is 0 Å². The number of nitrogens with zero attached hydrogens (tertiary/aromatic N) is 1. The molecule has 1 amide bonds. The summed E-state index contributed by atoms with van der Waals surface area (Å²) in [6.45, 7) is 0.406. The molecule has 102 valence electrons. The van der Waals surface area contributed by atoms with Gasteiger partial charge in [-0.25, -0.2) is 0 Å². The highest BCUT2D eigenvalue weighted by atomic mass is 16.4. The molecule has 0 radical (unpaired) electrons. The van der Waals surface area contributed by atoms with E-state index >= 15 is 0 Å². The molecule has 0 saturated heterocycles. The van der Waals surface area contributed by atoms with Gasteiger partial charge in [-0.1, -0.05) is 18.2 Å². The fraction of sp³-hybridized carbons (Fsp3) is 0.200. The van der Waals surface area contributed by atoms with E-state index in [2.05, 4.69) is 4.98 Å². The van der Waals surface area contributed by atoms with Crippen LogP contribution < -0.4 is 4.90 Å². The zero-order valence-electron chi connectivity index (χ0n) is 10.7. The van der Waals surface area contributed by atoms with Crippen LogP contribution in [0.15, 0.2) is 42.6 Å². The van der Waals surface area contributed by atoms with Crippen LogP contribution in [0, 0.1) is 0 Å². The summed E-state index contributed by atoms with van der Waals surface area (Å²) >= 11 is 0. The van der Waals surface area contributed by atoms with Gasteiger partial charge >= 0.3 is 5.97 Å². The predicted molar refractivity (Wildman–Crippen MR) is 73.9 cm³/mol. The molecule has 1 aromatic heterocycles. The largest absolute Gasteiger partial charge is 0.481 e. The molecule has 0 bridgehead atoms. The molecule has 0 fully saturated rings. The molecular formula is C15H14N2O3. The molecular weight excluding hydrogens is 256 g/mol. The highest BCUT2D eigenvalue weighted by Crippen LogP contribution is 2.38. The van der Waals surface area contributed by atoms with Crippen LogP contribution in [0.1, 0.15) is 28.4 Å². The lowest BCUT2D eigenvalue weighted by Crippen LogP contribution is -2.30. The Hall–Kier alpha value is -2.56. The summed E-state index contributed by atoms with van der Waals surface area (Å²) in [5.41, 5.74) is 2.24. The third-order valence-corrected chi connectivity index (χ3v) is 3.56. The second kappa shape index (κ2) is 4.85. The number of amides is 1. The van der Waals surface area contributed by atoms with Gasteiger partial charge in [0, 0.05) is 24.3 Å². The van der Waals surface area contributed by atoms with E-state index in [0.717, 1.165) is 11.3 Å². The van der Waals surface area contributed by atoms with Crippen molar-refractivity contribution in [2.75, 3.05) is 11.4 Å². The number of carboxylic acid groups (broad SMARTS) is 1. The van der Waals surface area contributed by atoms with E-state index in [1.165, 1.54) is 0 Å². The fourth-order valence-electron chi connectivity index (χ4n) is 2.68. The Morgan fingerprint density at radius 1 is 1.25 bits per heavy atom. The van der Waals surface area contributed by atoms with Gasteiger partial charge in [0.05, 0.1) is 6.42 Å². The molecule has 0 spiro atoms. The Kier molecular flexibility index (Phi) is 3.02. The molecule has 2 heterocycles. The number of hydrogen-bond donors (Lipinski definition) is 2. The molecule has 1 aliphatic heterocycles. The quantitative estimate of drug-likeness (QED) is 0.898. The Labute approximate surface area is 115 Å². The van der Waals surface area contributed by atoms with Crippen molar-refractivity contribution >= 4 is 17.6 Å². The van der Waals surface area contributed by atoms with Crippen LogP contribution >= 0.6 is 0 Å². The van der Waals surface area contributed by atoms with Gasteiger partial charge in [0.15, 0.2) is 0 Å². The first-order valence-electron chi connectivity index (χ1n) is 6.43. The maximum Gasteiger partial charge on any atom is 0.304 e. The average Bonchev–Trinajstić information content (AvgIpc) is 3.06. The summed E-state index contributed by atoms with van der Waals surface area (Å²) in [7, 11) is 0. The zero-order valence-corrected chi connectivity index (χ0v) is 10.7. The number of hydrogen-bond acceptors (Lipinski definition) is 2. The first kappa shape index (κ1) is 12.5. The lowest BCUT2D eigenvalue weighted by Gasteiger charge is -2.16. The van der Waals surface area contributed by atoms with Gasteiger partial charge in [0.1, 0.15) is 5.69 Å². The van der Waals surface area contributed by atoms with Crippen LogP contribution in [-0.4, -0.2) is 28.5 Å². The number of carboxylic acids is 1. The van der Waals surface area contributed by atoms with Gasteiger partial charge in [-0.05, 0) is 23.8 Å². The van der Waals surface area contributed by atoms with Crippen LogP contribution in [0.25, 0.3) is 0 Å². The minimum absolute atomic E-state index is 0.0333. The number of fused-ring (bicyclic) bond motifs is 1. The number of anilines is 1. The van der Waals surface area contributed by atoms with Crippen molar-refractivity contribution in [1.82, 2.24) is 4.98 Å². The maximum atomic E-state index is 12.4. The van der Waals surface area contributed by atoms with Crippen molar-refractivity contribution in [3.05, 3.63) is 53.9 Å². The van der Waals surface area contributed by atoms with E-state index in [9.17, 15) is 9.59 Å². The predicted octanol–water partition coefficient (Wildman–Crippen LogP) is 2.23. The Morgan fingerprint density at radius 3 is 2.75 bits per heavy atom. The third kappa shape index (κ3) is 2.07. The summed E-state index contributed by atoms with van der Waals surface area (Å²) in [5.74, 6) is -1.13. The van der Waals surface area contributed by atoms with Crippen LogP contribution in [0.4, 0.5) is 5.69 Å². The molecule has 3 rings (SSSR count). The van der Waals surface area contributed by atoms with Gasteiger partial charge in [0.2, 0.25) is 0 Å². The zero-order chi connectivity index (χ0) is 14.1. The molecule has 1 aromatic carbocycles. The number of carbonyl (C=O) groups is 2. The maximum absolute atomic E-state index is 12.4. The van der Waals surface area contributed by atoms with E-state index in [-0.39, 0.29) is 18.2 Å². The second-order valence-electron chi connectivity index (χ2n) is 4.85. The van der Waals surface area contributed by atoms with Crippen molar-refractivity contribution in [2.24, 2.45) is 0 Å². The third-order valence-electron chi connectivity index (χ3n) is 3.56. The average molecular weight is 270 g/mol. The Bertz CT molecular complexity index is 649. The van der Waals surface area contributed by atoms with E-state index in [1.54, 1.807) is 23.2 Å². The molecule has 0 aliphatic carbocycles. The second-order valence-corrected chi connectivity index (χ2v) is 4.85. The van der Waals surface area contributed by atoms with Gasteiger partial charge in [0.25, 0.3) is 5.91 Å². The summed E-state index contributed by atoms with van der Waals surface area (Å²) in [4.78, 5) is 28.0. The lowest BCUT2D eigenvalue weighted by atomic mass is 9.98. The topological polar surface area (TPSA) is 73.4 Å². The monoisotopic (exact) mass is 270 g/mol. The number of para-hydroxylation sites is 1. The number of aromatic amines is 1. The number of carbonyl (C=O) groups excluding carboxylic acids is 1. The molecule has 5 heteroatoms. The van der Waals surface area contributed by atoms with Gasteiger partial charge in [-0.2, -0.15) is 0 Å². The van der Waals surface area contributed by atoms with Crippen LogP contribution in [0.3, 0.4) is 0 Å². The molecule has 0 saturated carbocycles. The molecule has 5 nitrogen and oxygen atoms in total. The standard InChI is InChI=1S/C15H14N2O3/c18-14(19)8-10-9-17(13-6-2-1-4-11(10)13)15(20)12-5-3-7-16-12/h1-7,10,16H,8-9H2,(H,18,19). The SMILES string of the molecule is O=C(O)CC1CN(C(=O)c2ccc[nH]2)c2ccccc21. The van der Waals surface area contributed by atoms with E-state index < -0.39 is 5.97 Å². The molecule has 2 N–H and O–H groups in total. The van der Waals surface area contributed by atoms with E-state index in [4.69, 9.17) is 5.11 Å². The Morgan fingerprint density at radius 2 is 2.05 bits per heavy atom. The molecule has 1 atom stereocenters. The van der Waals surface area contributed by atoms with Crippen molar-refractivity contribution < 1.29 is 14.7 Å². The molecule has 20 heavy (non-hydrogen) atoms. The molecule has 1 unspecified atom stereocenters. The van der Waals surface area contributed by atoms with Crippen molar-refractivity contribution in [3.8, 4) is 0 Å². The lowest BCUT2D eigenvalue weighted by molar-refractivity contribution is -0.137. The van der Waals surface area contributed by atoms with Crippen molar-refractivity contribution in [3.63, 3.8) is 0 Å². The number of aromatic nitrogens is 1. The number of aliphatic carboxylic acids is 1. The first-order valence-corrected chi connectivity index (χ1v) is 6.43. The smallest absolute Gasteiger partial charge is 0.304 e. The highest BCUT2D eigenvalue weighted by Gasteiger charge is 2.33.